The largest absolute Gasteiger partial charge is 0.485 e. The molecular weight excluding hydrogens is 238 g/mol. The summed E-state index contributed by atoms with van der Waals surface area (Å²) in [6.45, 7) is 1.92. The molecule has 0 unspecified atom stereocenters. The lowest BCUT2D eigenvalue weighted by Gasteiger charge is -2.08. The van der Waals surface area contributed by atoms with Crippen molar-refractivity contribution >= 4 is 5.82 Å². The molecular formula is C13H12F2N2O. The fraction of sp³-hybridized carbons (Fsp3) is 0.154. The van der Waals surface area contributed by atoms with Crippen LogP contribution in [0.1, 0.15) is 11.3 Å². The van der Waals surface area contributed by atoms with Gasteiger partial charge in [0.25, 0.3) is 0 Å². The van der Waals surface area contributed by atoms with Gasteiger partial charge in [0.2, 0.25) is 0 Å². The second kappa shape index (κ2) is 5.00. The van der Waals surface area contributed by atoms with Crippen molar-refractivity contribution < 1.29 is 13.5 Å². The monoisotopic (exact) mass is 250 g/mol. The Hall–Kier alpha value is -2.17. The maximum atomic E-state index is 13.0. The van der Waals surface area contributed by atoms with Gasteiger partial charge < -0.3 is 10.5 Å². The summed E-state index contributed by atoms with van der Waals surface area (Å²) < 4.78 is 31.1. The minimum Gasteiger partial charge on any atom is -0.485 e. The zero-order valence-electron chi connectivity index (χ0n) is 9.78. The maximum absolute atomic E-state index is 13.0. The summed E-state index contributed by atoms with van der Waals surface area (Å²) in [7, 11) is 0. The van der Waals surface area contributed by atoms with E-state index in [1.165, 1.54) is 6.07 Å². The van der Waals surface area contributed by atoms with Crippen LogP contribution in [-0.4, -0.2) is 4.98 Å². The van der Waals surface area contributed by atoms with E-state index in [-0.39, 0.29) is 12.4 Å². The van der Waals surface area contributed by atoms with Gasteiger partial charge in [-0.15, -0.1) is 0 Å². The van der Waals surface area contributed by atoms with Gasteiger partial charge in [-0.3, -0.25) is 0 Å². The molecule has 0 aliphatic heterocycles. The summed E-state index contributed by atoms with van der Waals surface area (Å²) in [6.07, 6.45) is 0. The van der Waals surface area contributed by atoms with Crippen LogP contribution >= 0.6 is 0 Å². The third kappa shape index (κ3) is 2.74. The fourth-order valence-corrected chi connectivity index (χ4v) is 1.48. The van der Waals surface area contributed by atoms with E-state index in [0.29, 0.717) is 11.3 Å². The van der Waals surface area contributed by atoms with E-state index < -0.39 is 11.6 Å². The Kier molecular flexibility index (Phi) is 3.41. The Morgan fingerprint density at radius 1 is 1.17 bits per heavy atom. The summed E-state index contributed by atoms with van der Waals surface area (Å²) in [6, 6.07) is 7.06. The molecule has 0 spiro atoms. The first-order valence-electron chi connectivity index (χ1n) is 5.36. The van der Waals surface area contributed by atoms with Gasteiger partial charge >= 0.3 is 0 Å². The molecule has 3 nitrogen and oxygen atoms in total. The van der Waals surface area contributed by atoms with E-state index in [1.54, 1.807) is 12.1 Å². The number of anilines is 1. The second-order valence-corrected chi connectivity index (χ2v) is 3.87. The molecule has 0 bridgehead atoms. The quantitative estimate of drug-likeness (QED) is 0.911. The Morgan fingerprint density at radius 3 is 2.61 bits per heavy atom. The van der Waals surface area contributed by atoms with E-state index in [2.05, 4.69) is 4.98 Å². The number of aryl methyl sites for hydroxylation is 1. The zero-order valence-corrected chi connectivity index (χ0v) is 9.78. The van der Waals surface area contributed by atoms with Crippen LogP contribution in [0, 0.1) is 18.6 Å². The number of ether oxygens (including phenoxy) is 1. The van der Waals surface area contributed by atoms with Crippen LogP contribution in [0.3, 0.4) is 0 Å². The molecule has 0 fully saturated rings. The van der Waals surface area contributed by atoms with Crippen molar-refractivity contribution in [2.75, 3.05) is 5.73 Å². The van der Waals surface area contributed by atoms with Crippen molar-refractivity contribution in [1.82, 2.24) is 4.98 Å². The van der Waals surface area contributed by atoms with Crippen LogP contribution < -0.4 is 10.5 Å². The molecule has 0 saturated carbocycles. The van der Waals surface area contributed by atoms with Crippen molar-refractivity contribution in [2.24, 2.45) is 0 Å². The van der Waals surface area contributed by atoms with Crippen LogP contribution in [0.15, 0.2) is 30.3 Å². The maximum Gasteiger partial charge on any atom is 0.166 e. The number of hydrogen-bond acceptors (Lipinski definition) is 3. The average molecular weight is 250 g/mol. The van der Waals surface area contributed by atoms with Gasteiger partial charge in [0.15, 0.2) is 23.2 Å². The lowest BCUT2D eigenvalue weighted by Crippen LogP contribution is -2.01. The van der Waals surface area contributed by atoms with Gasteiger partial charge in [-0.1, -0.05) is 6.07 Å². The number of benzene rings is 1. The van der Waals surface area contributed by atoms with Crippen molar-refractivity contribution in [3.05, 3.63) is 53.2 Å². The Labute approximate surface area is 103 Å². The molecule has 2 rings (SSSR count). The number of pyridine rings is 1. The fourth-order valence-electron chi connectivity index (χ4n) is 1.48. The summed E-state index contributed by atoms with van der Waals surface area (Å²) in [5.41, 5.74) is 6.98. The zero-order chi connectivity index (χ0) is 13.1. The Bertz CT molecular complexity index is 573. The second-order valence-electron chi connectivity index (χ2n) is 3.87. The van der Waals surface area contributed by atoms with Gasteiger partial charge in [-0.2, -0.15) is 0 Å². The Morgan fingerprint density at radius 2 is 1.94 bits per heavy atom. The molecule has 0 amide bonds. The van der Waals surface area contributed by atoms with Gasteiger partial charge in [0.05, 0.1) is 0 Å². The molecule has 0 atom stereocenters. The highest BCUT2D eigenvalue weighted by atomic mass is 19.2. The number of halogens is 2. The molecule has 94 valence electrons. The van der Waals surface area contributed by atoms with Crippen molar-refractivity contribution in [3.8, 4) is 5.75 Å². The molecule has 0 aliphatic carbocycles. The van der Waals surface area contributed by atoms with E-state index >= 15 is 0 Å². The minimum absolute atomic E-state index is 0.103. The predicted octanol–water partition coefficient (Wildman–Crippen LogP) is 2.83. The molecule has 0 radical (unpaired) electrons. The molecule has 0 saturated heterocycles. The summed E-state index contributed by atoms with van der Waals surface area (Å²) in [5, 5.41) is 0. The summed E-state index contributed by atoms with van der Waals surface area (Å²) in [5.74, 6) is -1.08. The predicted molar refractivity (Wildman–Crippen MR) is 64.1 cm³/mol. The molecule has 1 aromatic carbocycles. The van der Waals surface area contributed by atoms with Gasteiger partial charge in [0.1, 0.15) is 6.61 Å². The van der Waals surface area contributed by atoms with Crippen LogP contribution in [0.4, 0.5) is 14.6 Å². The molecule has 18 heavy (non-hydrogen) atoms. The van der Waals surface area contributed by atoms with Crippen LogP contribution in [0.25, 0.3) is 0 Å². The number of rotatable bonds is 3. The summed E-state index contributed by atoms with van der Waals surface area (Å²) >= 11 is 0. The Balaban J connectivity index is 2.09. The molecule has 0 aliphatic rings. The summed E-state index contributed by atoms with van der Waals surface area (Å²) in [4.78, 5) is 4.04. The van der Waals surface area contributed by atoms with Crippen molar-refractivity contribution in [3.63, 3.8) is 0 Å². The average Bonchev–Trinajstić information content (AvgIpc) is 2.32. The molecule has 1 aromatic heterocycles. The highest BCUT2D eigenvalue weighted by Crippen LogP contribution is 2.20. The van der Waals surface area contributed by atoms with Gasteiger partial charge in [-0.05, 0) is 36.8 Å². The highest BCUT2D eigenvalue weighted by molar-refractivity contribution is 5.46. The minimum atomic E-state index is -0.897. The lowest BCUT2D eigenvalue weighted by atomic mass is 10.2. The van der Waals surface area contributed by atoms with Crippen LogP contribution in [0.5, 0.6) is 5.75 Å². The number of nitrogens with zero attached hydrogens (tertiary/aromatic N) is 1. The van der Waals surface area contributed by atoms with Gasteiger partial charge in [0, 0.05) is 5.69 Å². The van der Waals surface area contributed by atoms with E-state index in [9.17, 15) is 8.78 Å². The van der Waals surface area contributed by atoms with Crippen molar-refractivity contribution in [2.45, 2.75) is 13.5 Å². The van der Waals surface area contributed by atoms with Gasteiger partial charge in [-0.25, -0.2) is 13.8 Å². The normalized spacial score (nSPS) is 10.4. The van der Waals surface area contributed by atoms with Crippen LogP contribution in [-0.2, 0) is 6.61 Å². The number of aromatic nitrogens is 1. The van der Waals surface area contributed by atoms with Crippen molar-refractivity contribution in [1.29, 1.82) is 0 Å². The SMILES string of the molecule is Cc1ccc(OCc2ccc(F)c(F)c2)c(N)n1. The van der Waals surface area contributed by atoms with E-state index in [0.717, 1.165) is 17.8 Å². The molecule has 2 aromatic rings. The first-order chi connectivity index (χ1) is 8.56. The van der Waals surface area contributed by atoms with Crippen LogP contribution in [0.2, 0.25) is 0 Å². The number of hydrogen-bond donors (Lipinski definition) is 1. The first kappa shape index (κ1) is 12.3. The molecule has 2 N–H and O–H groups in total. The molecule has 1 heterocycles. The number of nitrogens with two attached hydrogens (primary N) is 1. The van der Waals surface area contributed by atoms with E-state index in [1.807, 2.05) is 6.92 Å². The highest BCUT2D eigenvalue weighted by Gasteiger charge is 2.05. The third-order valence-corrected chi connectivity index (χ3v) is 2.40. The van der Waals surface area contributed by atoms with E-state index in [4.69, 9.17) is 10.5 Å². The molecule has 5 heteroatoms. The number of nitrogen functional groups attached to an aromatic ring is 1. The standard InChI is InChI=1S/C13H12F2N2O/c1-8-2-5-12(13(16)17-8)18-7-9-3-4-10(14)11(15)6-9/h2-6H,7H2,1H3,(H2,16,17). The third-order valence-electron chi connectivity index (χ3n) is 2.40. The lowest BCUT2D eigenvalue weighted by molar-refractivity contribution is 0.305. The topological polar surface area (TPSA) is 48.1 Å². The first-order valence-corrected chi connectivity index (χ1v) is 5.36. The smallest absolute Gasteiger partial charge is 0.166 e.